The summed E-state index contributed by atoms with van der Waals surface area (Å²) in [4.78, 5) is 1.04. The number of allylic oxidation sites excluding steroid dienone is 2. The maximum Gasteiger partial charge on any atom is 0.203 e. The third kappa shape index (κ3) is 2.24. The van der Waals surface area contributed by atoms with E-state index in [1.807, 2.05) is 26.8 Å². The van der Waals surface area contributed by atoms with Crippen LogP contribution in [-0.2, 0) is 9.84 Å². The Morgan fingerprint density at radius 1 is 1.11 bits per heavy atom. The van der Waals surface area contributed by atoms with Gasteiger partial charge in [0.05, 0.1) is 9.80 Å². The van der Waals surface area contributed by atoms with Crippen molar-refractivity contribution in [2.45, 2.75) is 44.9 Å². The molecule has 0 saturated carbocycles. The molecule has 98 valence electrons. The molecule has 0 amide bonds. The molecule has 0 spiro atoms. The molecule has 18 heavy (non-hydrogen) atoms. The Morgan fingerprint density at radius 2 is 1.72 bits per heavy atom. The molecule has 2 rings (SSSR count). The van der Waals surface area contributed by atoms with Crippen molar-refractivity contribution in [2.24, 2.45) is 5.41 Å². The summed E-state index contributed by atoms with van der Waals surface area (Å²) in [6, 6.07) is 8.75. The maximum atomic E-state index is 12.8. The van der Waals surface area contributed by atoms with Crippen molar-refractivity contribution in [1.82, 2.24) is 0 Å². The van der Waals surface area contributed by atoms with Crippen molar-refractivity contribution in [3.05, 3.63) is 40.8 Å². The van der Waals surface area contributed by atoms with Crippen molar-refractivity contribution in [3.8, 4) is 0 Å². The Bertz CT molecular complexity index is 566. The average molecular weight is 264 g/mol. The van der Waals surface area contributed by atoms with E-state index in [0.717, 1.165) is 24.8 Å². The quantitative estimate of drug-likeness (QED) is 0.810. The number of sulfone groups is 1. The molecule has 1 aromatic rings. The lowest BCUT2D eigenvalue weighted by Crippen LogP contribution is -2.26. The van der Waals surface area contributed by atoms with Gasteiger partial charge in [0.2, 0.25) is 9.84 Å². The normalized spacial score (nSPS) is 19.9. The van der Waals surface area contributed by atoms with E-state index < -0.39 is 9.84 Å². The van der Waals surface area contributed by atoms with Crippen molar-refractivity contribution < 1.29 is 8.42 Å². The molecule has 3 heteroatoms. The van der Waals surface area contributed by atoms with Gasteiger partial charge < -0.3 is 0 Å². The van der Waals surface area contributed by atoms with Crippen LogP contribution in [0.5, 0.6) is 0 Å². The Balaban J connectivity index is 2.60. The van der Waals surface area contributed by atoms with Gasteiger partial charge in [-0.05, 0) is 38.3 Å². The molecule has 0 aliphatic heterocycles. The summed E-state index contributed by atoms with van der Waals surface area (Å²) >= 11 is 0. The summed E-state index contributed by atoms with van der Waals surface area (Å²) in [6.45, 7) is 6.02. The first-order valence-corrected chi connectivity index (χ1v) is 7.84. The summed E-state index contributed by atoms with van der Waals surface area (Å²) in [6.07, 6.45) is 2.91. The van der Waals surface area contributed by atoms with Gasteiger partial charge in [-0.2, -0.15) is 0 Å². The molecule has 1 aromatic carbocycles. The minimum atomic E-state index is -3.34. The van der Waals surface area contributed by atoms with E-state index in [1.165, 1.54) is 0 Å². The van der Waals surface area contributed by atoms with Gasteiger partial charge in [-0.25, -0.2) is 8.42 Å². The standard InChI is InChI=1S/C15H20O2S/c1-12-8-7-11-15(2,3)14(12)18(16,17)13-9-5-4-6-10-13/h4-6,9-10H,7-8,11H2,1-3H3. The van der Waals surface area contributed by atoms with Crippen LogP contribution in [0.15, 0.2) is 45.7 Å². The van der Waals surface area contributed by atoms with Crippen LogP contribution in [-0.4, -0.2) is 8.42 Å². The zero-order valence-electron chi connectivity index (χ0n) is 11.2. The molecule has 0 heterocycles. The van der Waals surface area contributed by atoms with Gasteiger partial charge in [0.25, 0.3) is 0 Å². The summed E-state index contributed by atoms with van der Waals surface area (Å²) in [5.41, 5.74) is 0.770. The molecule has 0 aromatic heterocycles. The van der Waals surface area contributed by atoms with Crippen LogP contribution in [0, 0.1) is 5.41 Å². The molecule has 0 atom stereocenters. The zero-order chi connectivity index (χ0) is 13.4. The van der Waals surface area contributed by atoms with Crippen molar-refractivity contribution >= 4 is 9.84 Å². The van der Waals surface area contributed by atoms with E-state index in [-0.39, 0.29) is 5.41 Å². The molecule has 0 radical (unpaired) electrons. The largest absolute Gasteiger partial charge is 0.219 e. The first-order valence-electron chi connectivity index (χ1n) is 6.36. The lowest BCUT2D eigenvalue weighted by Gasteiger charge is -2.33. The maximum absolute atomic E-state index is 12.8. The number of hydrogen-bond acceptors (Lipinski definition) is 2. The molecular formula is C15H20O2S. The predicted molar refractivity (Wildman–Crippen MR) is 74.0 cm³/mol. The Labute approximate surface area is 110 Å². The first-order chi connectivity index (χ1) is 8.36. The van der Waals surface area contributed by atoms with Gasteiger partial charge in [0, 0.05) is 5.41 Å². The highest BCUT2D eigenvalue weighted by Crippen LogP contribution is 2.44. The smallest absolute Gasteiger partial charge is 0.203 e. The highest BCUT2D eigenvalue weighted by atomic mass is 32.2. The van der Waals surface area contributed by atoms with Gasteiger partial charge in [-0.15, -0.1) is 0 Å². The van der Waals surface area contributed by atoms with Gasteiger partial charge in [0.1, 0.15) is 0 Å². The molecule has 0 fully saturated rings. The summed E-state index contributed by atoms with van der Waals surface area (Å²) in [5, 5.41) is 0. The monoisotopic (exact) mass is 264 g/mol. The van der Waals surface area contributed by atoms with Gasteiger partial charge >= 0.3 is 0 Å². The minimum absolute atomic E-state index is 0.253. The molecule has 2 nitrogen and oxygen atoms in total. The van der Waals surface area contributed by atoms with Crippen LogP contribution in [0.1, 0.15) is 40.0 Å². The van der Waals surface area contributed by atoms with Crippen LogP contribution < -0.4 is 0 Å². The van der Waals surface area contributed by atoms with E-state index in [4.69, 9.17) is 0 Å². The fourth-order valence-electron chi connectivity index (χ4n) is 2.91. The topological polar surface area (TPSA) is 34.1 Å². The van der Waals surface area contributed by atoms with E-state index >= 15 is 0 Å². The molecule has 1 aliphatic rings. The van der Waals surface area contributed by atoms with Crippen LogP contribution in [0.2, 0.25) is 0 Å². The third-order valence-corrected chi connectivity index (χ3v) is 6.01. The second-order valence-corrected chi connectivity index (χ2v) is 7.55. The third-order valence-electron chi connectivity index (χ3n) is 3.68. The SMILES string of the molecule is CC1=C(S(=O)(=O)c2ccccc2)C(C)(C)CCC1. The Morgan fingerprint density at radius 3 is 2.28 bits per heavy atom. The predicted octanol–water partition coefficient (Wildman–Crippen LogP) is 3.94. The average Bonchev–Trinajstić information content (AvgIpc) is 2.28. The fourth-order valence-corrected chi connectivity index (χ4v) is 5.05. The molecule has 1 aliphatic carbocycles. The summed E-state index contributed by atoms with van der Waals surface area (Å²) < 4.78 is 25.5. The number of hydrogen-bond donors (Lipinski definition) is 0. The van der Waals surface area contributed by atoms with E-state index in [0.29, 0.717) is 9.80 Å². The van der Waals surface area contributed by atoms with Crippen molar-refractivity contribution in [3.63, 3.8) is 0 Å². The van der Waals surface area contributed by atoms with Gasteiger partial charge in [-0.1, -0.05) is 37.6 Å². The van der Waals surface area contributed by atoms with E-state index in [1.54, 1.807) is 24.3 Å². The lowest BCUT2D eigenvalue weighted by atomic mass is 9.80. The summed E-state index contributed by atoms with van der Waals surface area (Å²) in [7, 11) is -3.34. The van der Waals surface area contributed by atoms with Crippen molar-refractivity contribution in [1.29, 1.82) is 0 Å². The minimum Gasteiger partial charge on any atom is -0.219 e. The van der Waals surface area contributed by atoms with Crippen LogP contribution >= 0.6 is 0 Å². The number of rotatable bonds is 2. The molecule has 0 saturated heterocycles. The molecule has 0 bridgehead atoms. The first kappa shape index (κ1) is 13.3. The zero-order valence-corrected chi connectivity index (χ0v) is 12.0. The Hall–Kier alpha value is -1.09. The van der Waals surface area contributed by atoms with Gasteiger partial charge in [0.15, 0.2) is 0 Å². The molecule has 0 N–H and O–H groups in total. The molecular weight excluding hydrogens is 244 g/mol. The number of benzene rings is 1. The van der Waals surface area contributed by atoms with Crippen LogP contribution in [0.3, 0.4) is 0 Å². The van der Waals surface area contributed by atoms with E-state index in [2.05, 4.69) is 0 Å². The Kier molecular flexibility index (Phi) is 3.37. The molecule has 0 unspecified atom stereocenters. The van der Waals surface area contributed by atoms with Crippen LogP contribution in [0.25, 0.3) is 0 Å². The lowest BCUT2D eigenvalue weighted by molar-refractivity contribution is 0.382. The summed E-state index contributed by atoms with van der Waals surface area (Å²) in [5.74, 6) is 0. The highest BCUT2D eigenvalue weighted by molar-refractivity contribution is 7.95. The van der Waals surface area contributed by atoms with Crippen molar-refractivity contribution in [2.75, 3.05) is 0 Å². The van der Waals surface area contributed by atoms with E-state index in [9.17, 15) is 8.42 Å². The van der Waals surface area contributed by atoms with Crippen LogP contribution in [0.4, 0.5) is 0 Å². The second-order valence-electron chi connectivity index (χ2n) is 5.66. The fraction of sp³-hybridized carbons (Fsp3) is 0.467. The van der Waals surface area contributed by atoms with Gasteiger partial charge in [-0.3, -0.25) is 0 Å². The second kappa shape index (κ2) is 4.54. The highest BCUT2D eigenvalue weighted by Gasteiger charge is 2.37.